The molecule has 4 rings (SSSR count). The molecule has 4 aliphatic rings. The van der Waals surface area contributed by atoms with Gasteiger partial charge in [-0.15, -0.1) is 12.3 Å². The predicted octanol–water partition coefficient (Wildman–Crippen LogP) is 4.31. The molecule has 0 saturated heterocycles. The van der Waals surface area contributed by atoms with E-state index in [4.69, 9.17) is 6.42 Å². The number of aliphatic hydroxyl groups is 1. The molecule has 0 bridgehead atoms. The number of allylic oxidation sites excluding steroid dienone is 2. The van der Waals surface area contributed by atoms with Gasteiger partial charge in [-0.2, -0.15) is 0 Å². The summed E-state index contributed by atoms with van der Waals surface area (Å²) >= 11 is 0. The zero-order chi connectivity index (χ0) is 14.4. The molecule has 0 aromatic rings. The Morgan fingerprint density at radius 2 is 2.10 bits per heavy atom. The number of hydrogen-bond acceptors (Lipinski definition) is 1. The Morgan fingerprint density at radius 1 is 1.19 bits per heavy atom. The van der Waals surface area contributed by atoms with Crippen molar-refractivity contribution >= 4 is 0 Å². The van der Waals surface area contributed by atoms with Crippen LogP contribution in [0, 0.1) is 41.4 Å². The minimum Gasteiger partial charge on any atom is -0.393 e. The molecule has 1 N–H and O–H groups in total. The van der Waals surface area contributed by atoms with Gasteiger partial charge in [0, 0.05) is 11.8 Å². The number of terminal acetylenes is 1. The third kappa shape index (κ3) is 1.95. The first-order valence-electron chi connectivity index (χ1n) is 9.07. The van der Waals surface area contributed by atoms with E-state index in [1.807, 2.05) is 0 Å². The maximum Gasteiger partial charge on any atom is 0.0608 e. The summed E-state index contributed by atoms with van der Waals surface area (Å²) in [4.78, 5) is 0. The van der Waals surface area contributed by atoms with Crippen molar-refractivity contribution in [2.75, 3.05) is 0 Å². The van der Waals surface area contributed by atoms with Crippen LogP contribution in [-0.4, -0.2) is 11.2 Å². The molecule has 0 unspecified atom stereocenters. The lowest BCUT2D eigenvalue weighted by Crippen LogP contribution is -2.48. The summed E-state index contributed by atoms with van der Waals surface area (Å²) < 4.78 is 0. The average Bonchev–Trinajstić information content (AvgIpc) is 2.85. The quantitative estimate of drug-likeness (QED) is 0.562. The van der Waals surface area contributed by atoms with Crippen molar-refractivity contribution in [3.63, 3.8) is 0 Å². The SMILES string of the molecule is C#CC[C@]12CC[C@H]3[C@@H](CCC4=CCCC[C@@H]43)[C@@H]1CC[C@@H]2O. The zero-order valence-corrected chi connectivity index (χ0v) is 13.1. The fourth-order valence-electron chi connectivity index (χ4n) is 6.61. The van der Waals surface area contributed by atoms with Gasteiger partial charge in [0.25, 0.3) is 0 Å². The normalized spacial score (nSPS) is 48.6. The highest BCUT2D eigenvalue weighted by Crippen LogP contribution is 2.63. The molecule has 1 nitrogen and oxygen atoms in total. The molecule has 0 heterocycles. The summed E-state index contributed by atoms with van der Waals surface area (Å²) in [6.07, 6.45) is 20.4. The first-order valence-corrected chi connectivity index (χ1v) is 9.07. The average molecular weight is 284 g/mol. The largest absolute Gasteiger partial charge is 0.393 e. The van der Waals surface area contributed by atoms with Crippen molar-refractivity contribution < 1.29 is 5.11 Å². The van der Waals surface area contributed by atoms with E-state index in [-0.39, 0.29) is 11.5 Å². The topological polar surface area (TPSA) is 20.2 Å². The van der Waals surface area contributed by atoms with Crippen LogP contribution < -0.4 is 0 Å². The summed E-state index contributed by atoms with van der Waals surface area (Å²) in [5, 5.41) is 10.6. The Morgan fingerprint density at radius 3 is 2.95 bits per heavy atom. The first-order chi connectivity index (χ1) is 10.3. The molecule has 0 radical (unpaired) electrons. The van der Waals surface area contributed by atoms with Gasteiger partial charge in [0.05, 0.1) is 6.10 Å². The smallest absolute Gasteiger partial charge is 0.0608 e. The van der Waals surface area contributed by atoms with Crippen molar-refractivity contribution in [3.8, 4) is 12.3 Å². The summed E-state index contributed by atoms with van der Waals surface area (Å²) in [6.45, 7) is 0. The van der Waals surface area contributed by atoms with Gasteiger partial charge in [-0.05, 0) is 81.5 Å². The van der Waals surface area contributed by atoms with Gasteiger partial charge >= 0.3 is 0 Å². The van der Waals surface area contributed by atoms with Crippen LogP contribution in [-0.2, 0) is 0 Å². The lowest BCUT2D eigenvalue weighted by Gasteiger charge is -2.54. The third-order valence-corrected chi connectivity index (χ3v) is 7.48. The van der Waals surface area contributed by atoms with E-state index < -0.39 is 0 Å². The van der Waals surface area contributed by atoms with Crippen molar-refractivity contribution in [2.24, 2.45) is 29.1 Å². The summed E-state index contributed by atoms with van der Waals surface area (Å²) in [5.41, 5.74) is 1.86. The standard InChI is InChI=1S/C20H28O/c1-2-12-20-13-11-16-15-6-4-3-5-14(15)7-8-17(16)18(20)9-10-19(20)21/h1,5,15-19,21H,3-4,6-13H2/t15-,16+,17+,18-,19-,20-/m0/s1. The molecule has 0 aliphatic heterocycles. The minimum absolute atomic E-state index is 0.0752. The monoisotopic (exact) mass is 284 g/mol. The van der Waals surface area contributed by atoms with Crippen molar-refractivity contribution in [1.29, 1.82) is 0 Å². The lowest BCUT2D eigenvalue weighted by atomic mass is 9.51. The molecular formula is C20H28O. The first kappa shape index (κ1) is 13.9. The fraction of sp³-hybridized carbons (Fsp3) is 0.800. The lowest BCUT2D eigenvalue weighted by molar-refractivity contribution is -0.0620. The highest BCUT2D eigenvalue weighted by molar-refractivity contribution is 5.19. The van der Waals surface area contributed by atoms with Gasteiger partial charge in [0.2, 0.25) is 0 Å². The second-order valence-electron chi connectivity index (χ2n) is 8.04. The Bertz CT molecular complexity index is 485. The Kier molecular flexibility index (Phi) is 3.42. The predicted molar refractivity (Wildman–Crippen MR) is 85.5 cm³/mol. The summed E-state index contributed by atoms with van der Waals surface area (Å²) in [7, 11) is 0. The third-order valence-electron chi connectivity index (χ3n) is 7.48. The number of fused-ring (bicyclic) bond motifs is 5. The Labute approximate surface area is 129 Å². The molecule has 6 atom stereocenters. The molecule has 1 heteroatoms. The highest BCUT2D eigenvalue weighted by atomic mass is 16.3. The van der Waals surface area contributed by atoms with Gasteiger partial charge < -0.3 is 5.11 Å². The molecule has 0 aromatic carbocycles. The van der Waals surface area contributed by atoms with Crippen LogP contribution in [0.15, 0.2) is 11.6 Å². The van der Waals surface area contributed by atoms with Crippen LogP contribution in [0.5, 0.6) is 0 Å². The fourth-order valence-corrected chi connectivity index (χ4v) is 6.61. The van der Waals surface area contributed by atoms with Crippen LogP contribution in [0.1, 0.15) is 64.2 Å². The van der Waals surface area contributed by atoms with Crippen LogP contribution in [0.3, 0.4) is 0 Å². The number of hydrogen-bond donors (Lipinski definition) is 1. The summed E-state index contributed by atoms with van der Waals surface area (Å²) in [5.74, 6) is 6.22. The molecule has 0 amide bonds. The van der Waals surface area contributed by atoms with Crippen LogP contribution >= 0.6 is 0 Å². The molecule has 4 aliphatic carbocycles. The Balaban J connectivity index is 1.64. The second-order valence-corrected chi connectivity index (χ2v) is 8.04. The second kappa shape index (κ2) is 5.17. The molecule has 3 saturated carbocycles. The number of rotatable bonds is 1. The molecule has 21 heavy (non-hydrogen) atoms. The zero-order valence-electron chi connectivity index (χ0n) is 13.1. The molecule has 3 fully saturated rings. The maximum atomic E-state index is 10.6. The highest BCUT2D eigenvalue weighted by Gasteiger charge is 2.57. The summed E-state index contributed by atoms with van der Waals surface area (Å²) in [6, 6.07) is 0. The van der Waals surface area contributed by atoms with Crippen molar-refractivity contribution in [2.45, 2.75) is 70.3 Å². The van der Waals surface area contributed by atoms with Gasteiger partial charge in [-0.1, -0.05) is 11.6 Å². The van der Waals surface area contributed by atoms with Gasteiger partial charge in [-0.3, -0.25) is 0 Å². The number of aliphatic hydroxyl groups excluding tert-OH is 1. The van der Waals surface area contributed by atoms with Gasteiger partial charge in [-0.25, -0.2) is 0 Å². The minimum atomic E-state index is -0.136. The van der Waals surface area contributed by atoms with Crippen LogP contribution in [0.4, 0.5) is 0 Å². The van der Waals surface area contributed by atoms with Gasteiger partial charge in [0.15, 0.2) is 0 Å². The molecule has 114 valence electrons. The van der Waals surface area contributed by atoms with E-state index >= 15 is 0 Å². The van der Waals surface area contributed by atoms with E-state index in [1.165, 1.54) is 51.4 Å². The van der Waals surface area contributed by atoms with Crippen molar-refractivity contribution in [1.82, 2.24) is 0 Å². The van der Waals surface area contributed by atoms with Crippen molar-refractivity contribution in [3.05, 3.63) is 11.6 Å². The van der Waals surface area contributed by atoms with E-state index in [1.54, 1.807) is 5.57 Å². The van der Waals surface area contributed by atoms with Crippen LogP contribution in [0.25, 0.3) is 0 Å². The van der Waals surface area contributed by atoms with E-state index in [0.717, 1.165) is 30.6 Å². The van der Waals surface area contributed by atoms with E-state index in [9.17, 15) is 5.11 Å². The Hall–Kier alpha value is -0.740. The molecular weight excluding hydrogens is 256 g/mol. The van der Waals surface area contributed by atoms with E-state index in [0.29, 0.717) is 5.92 Å². The van der Waals surface area contributed by atoms with Crippen LogP contribution in [0.2, 0.25) is 0 Å². The molecule has 0 spiro atoms. The van der Waals surface area contributed by atoms with E-state index in [2.05, 4.69) is 12.0 Å². The maximum absolute atomic E-state index is 10.6. The molecule has 0 aromatic heterocycles. The van der Waals surface area contributed by atoms with Gasteiger partial charge in [0.1, 0.15) is 0 Å².